The van der Waals surface area contributed by atoms with Crippen LogP contribution in [0.25, 0.3) is 0 Å². The van der Waals surface area contributed by atoms with Crippen molar-refractivity contribution in [3.63, 3.8) is 0 Å². The Hall–Kier alpha value is -1.95. The smallest absolute Gasteiger partial charge is 0.307 e. The predicted molar refractivity (Wildman–Crippen MR) is 74.5 cm³/mol. The molecule has 6 heteroatoms. The Bertz CT molecular complexity index is 526. The van der Waals surface area contributed by atoms with Crippen molar-refractivity contribution >= 4 is 17.6 Å². The topological polar surface area (TPSA) is 75.6 Å². The van der Waals surface area contributed by atoms with Crippen molar-refractivity contribution in [1.29, 1.82) is 0 Å². The van der Waals surface area contributed by atoms with Crippen molar-refractivity contribution in [2.75, 3.05) is 18.5 Å². The largest absolute Gasteiger partial charge is 0.481 e. The Kier molecular flexibility index (Phi) is 5.27. The number of ether oxygens (including phenoxy) is 1. The first kappa shape index (κ1) is 15.4. The molecule has 0 radical (unpaired) electrons. The summed E-state index contributed by atoms with van der Waals surface area (Å²) in [6.45, 7) is 1.35. The SMILES string of the molecule is O=C(O)Cc1ccc(NC(=O)CC2CCOCC2)cc1F. The number of hydrogen-bond donors (Lipinski definition) is 2. The molecule has 1 amide bonds. The van der Waals surface area contributed by atoms with Crippen LogP contribution in [-0.2, 0) is 20.7 Å². The molecule has 0 bridgehead atoms. The highest BCUT2D eigenvalue weighted by Crippen LogP contribution is 2.20. The number of benzene rings is 1. The van der Waals surface area contributed by atoms with E-state index in [0.717, 1.165) is 18.9 Å². The zero-order valence-electron chi connectivity index (χ0n) is 11.6. The molecule has 1 aliphatic rings. The number of amides is 1. The van der Waals surface area contributed by atoms with Gasteiger partial charge < -0.3 is 15.2 Å². The van der Waals surface area contributed by atoms with Crippen LogP contribution in [0.4, 0.5) is 10.1 Å². The van der Waals surface area contributed by atoms with Crippen molar-refractivity contribution in [3.8, 4) is 0 Å². The summed E-state index contributed by atoms with van der Waals surface area (Å²) in [5, 5.41) is 11.3. The first-order valence-electron chi connectivity index (χ1n) is 6.92. The van der Waals surface area contributed by atoms with Gasteiger partial charge in [0.1, 0.15) is 5.82 Å². The van der Waals surface area contributed by atoms with Gasteiger partial charge in [0.15, 0.2) is 0 Å². The summed E-state index contributed by atoms with van der Waals surface area (Å²) in [4.78, 5) is 22.4. The highest BCUT2D eigenvalue weighted by atomic mass is 19.1. The van der Waals surface area contributed by atoms with E-state index in [1.165, 1.54) is 12.1 Å². The van der Waals surface area contributed by atoms with Gasteiger partial charge in [-0.25, -0.2) is 4.39 Å². The van der Waals surface area contributed by atoms with Gasteiger partial charge in [0.05, 0.1) is 6.42 Å². The molecule has 0 atom stereocenters. The van der Waals surface area contributed by atoms with Gasteiger partial charge in [-0.05, 0) is 36.5 Å². The predicted octanol–water partition coefficient (Wildman–Crippen LogP) is 2.21. The molecular weight excluding hydrogens is 277 g/mol. The number of hydrogen-bond acceptors (Lipinski definition) is 3. The number of aliphatic carboxylic acids is 1. The molecule has 114 valence electrons. The molecule has 21 heavy (non-hydrogen) atoms. The normalized spacial score (nSPS) is 15.7. The maximum Gasteiger partial charge on any atom is 0.307 e. The molecule has 2 N–H and O–H groups in total. The minimum absolute atomic E-state index is 0.102. The summed E-state index contributed by atoms with van der Waals surface area (Å²) in [7, 11) is 0. The fraction of sp³-hybridized carbons (Fsp3) is 0.467. The summed E-state index contributed by atoms with van der Waals surface area (Å²) in [5.74, 6) is -1.58. The molecule has 1 heterocycles. The van der Waals surface area contributed by atoms with Crippen LogP contribution in [0, 0.1) is 11.7 Å². The van der Waals surface area contributed by atoms with Crippen molar-refractivity contribution in [1.82, 2.24) is 0 Å². The van der Waals surface area contributed by atoms with Crippen LogP contribution in [0.15, 0.2) is 18.2 Å². The summed E-state index contributed by atoms with van der Waals surface area (Å²) in [6.07, 6.45) is 1.74. The summed E-state index contributed by atoms with van der Waals surface area (Å²) in [6, 6.07) is 4.05. The third kappa shape index (κ3) is 4.82. The fourth-order valence-corrected chi connectivity index (χ4v) is 2.36. The summed E-state index contributed by atoms with van der Waals surface area (Å²) < 4.78 is 18.9. The number of nitrogens with one attached hydrogen (secondary N) is 1. The average molecular weight is 295 g/mol. The van der Waals surface area contributed by atoms with Gasteiger partial charge in [0.25, 0.3) is 0 Å². The lowest BCUT2D eigenvalue weighted by Crippen LogP contribution is -2.22. The third-order valence-electron chi connectivity index (χ3n) is 3.49. The Morgan fingerprint density at radius 1 is 1.33 bits per heavy atom. The molecule has 1 aromatic rings. The van der Waals surface area contributed by atoms with Gasteiger partial charge in [-0.2, -0.15) is 0 Å². The molecule has 1 fully saturated rings. The number of carbonyl (C=O) groups excluding carboxylic acids is 1. The summed E-state index contributed by atoms with van der Waals surface area (Å²) >= 11 is 0. The maximum atomic E-state index is 13.7. The molecule has 1 aromatic carbocycles. The zero-order chi connectivity index (χ0) is 15.2. The first-order chi connectivity index (χ1) is 10.0. The molecule has 0 spiro atoms. The monoisotopic (exact) mass is 295 g/mol. The van der Waals surface area contributed by atoms with E-state index in [0.29, 0.717) is 31.2 Å². The van der Waals surface area contributed by atoms with Gasteiger partial charge in [-0.1, -0.05) is 6.07 Å². The van der Waals surface area contributed by atoms with Gasteiger partial charge >= 0.3 is 5.97 Å². The van der Waals surface area contributed by atoms with Crippen LogP contribution in [0.1, 0.15) is 24.8 Å². The second-order valence-electron chi connectivity index (χ2n) is 5.18. The van der Waals surface area contributed by atoms with E-state index in [1.807, 2.05) is 0 Å². The van der Waals surface area contributed by atoms with E-state index in [-0.39, 0.29) is 17.9 Å². The van der Waals surface area contributed by atoms with Crippen LogP contribution in [-0.4, -0.2) is 30.2 Å². The van der Waals surface area contributed by atoms with Crippen molar-refractivity contribution < 1.29 is 23.8 Å². The van der Waals surface area contributed by atoms with E-state index in [1.54, 1.807) is 0 Å². The molecule has 0 aliphatic carbocycles. The number of carboxylic acid groups (broad SMARTS) is 1. The Balaban J connectivity index is 1.91. The van der Waals surface area contributed by atoms with Crippen LogP contribution < -0.4 is 5.32 Å². The highest BCUT2D eigenvalue weighted by molar-refractivity contribution is 5.90. The van der Waals surface area contributed by atoms with E-state index < -0.39 is 11.8 Å². The molecule has 0 aromatic heterocycles. The lowest BCUT2D eigenvalue weighted by molar-refractivity contribution is -0.136. The maximum absolute atomic E-state index is 13.7. The fourth-order valence-electron chi connectivity index (χ4n) is 2.36. The summed E-state index contributed by atoms with van der Waals surface area (Å²) in [5.41, 5.74) is 0.448. The minimum atomic E-state index is -1.09. The standard InChI is InChI=1S/C15H18FNO4/c16-13-9-12(2-1-11(13)8-15(19)20)17-14(18)7-10-3-5-21-6-4-10/h1-2,9-10H,3-8H2,(H,17,18)(H,19,20). The first-order valence-corrected chi connectivity index (χ1v) is 6.92. The molecule has 2 rings (SSSR count). The van der Waals surface area contributed by atoms with E-state index >= 15 is 0 Å². The van der Waals surface area contributed by atoms with E-state index in [9.17, 15) is 14.0 Å². The lowest BCUT2D eigenvalue weighted by Gasteiger charge is -2.21. The molecular formula is C15H18FNO4. The van der Waals surface area contributed by atoms with Gasteiger partial charge in [0, 0.05) is 25.3 Å². The van der Waals surface area contributed by atoms with E-state index in [2.05, 4.69) is 5.32 Å². The quantitative estimate of drug-likeness (QED) is 0.873. The number of rotatable bonds is 5. The number of halogens is 1. The Morgan fingerprint density at radius 2 is 2.05 bits per heavy atom. The molecule has 0 saturated carbocycles. The highest BCUT2D eigenvalue weighted by Gasteiger charge is 2.17. The van der Waals surface area contributed by atoms with E-state index in [4.69, 9.17) is 9.84 Å². The number of anilines is 1. The lowest BCUT2D eigenvalue weighted by atomic mass is 9.96. The van der Waals surface area contributed by atoms with Crippen LogP contribution in [0.5, 0.6) is 0 Å². The van der Waals surface area contributed by atoms with Gasteiger partial charge in [-0.15, -0.1) is 0 Å². The van der Waals surface area contributed by atoms with Crippen LogP contribution in [0.3, 0.4) is 0 Å². The minimum Gasteiger partial charge on any atom is -0.481 e. The van der Waals surface area contributed by atoms with Crippen LogP contribution in [0.2, 0.25) is 0 Å². The average Bonchev–Trinajstić information content (AvgIpc) is 2.42. The van der Waals surface area contributed by atoms with Crippen molar-refractivity contribution in [2.45, 2.75) is 25.7 Å². The molecule has 5 nitrogen and oxygen atoms in total. The van der Waals surface area contributed by atoms with Crippen molar-refractivity contribution in [2.24, 2.45) is 5.92 Å². The van der Waals surface area contributed by atoms with Crippen molar-refractivity contribution in [3.05, 3.63) is 29.6 Å². The third-order valence-corrected chi connectivity index (χ3v) is 3.49. The number of carbonyl (C=O) groups is 2. The van der Waals surface area contributed by atoms with Gasteiger partial charge in [0.2, 0.25) is 5.91 Å². The molecule has 1 saturated heterocycles. The second kappa shape index (κ2) is 7.17. The second-order valence-corrected chi connectivity index (χ2v) is 5.18. The zero-order valence-corrected chi connectivity index (χ0v) is 11.6. The molecule has 1 aliphatic heterocycles. The number of carboxylic acids is 1. The Labute approximate surface area is 122 Å². The molecule has 0 unspecified atom stereocenters. The van der Waals surface area contributed by atoms with Crippen LogP contribution >= 0.6 is 0 Å². The Morgan fingerprint density at radius 3 is 2.67 bits per heavy atom. The van der Waals surface area contributed by atoms with Gasteiger partial charge in [-0.3, -0.25) is 9.59 Å².